The van der Waals surface area contributed by atoms with Gasteiger partial charge in [0.25, 0.3) is 0 Å². The topological polar surface area (TPSA) is 60.0 Å². The Labute approximate surface area is 130 Å². The Hall–Kier alpha value is -2.76. The molecule has 0 saturated heterocycles. The van der Waals surface area contributed by atoms with Gasteiger partial charge in [0, 0.05) is 45.3 Å². The highest BCUT2D eigenvalue weighted by Gasteiger charge is 2.08. The smallest absolute Gasteiger partial charge is 0.0874 e. The van der Waals surface area contributed by atoms with Gasteiger partial charge in [-0.05, 0) is 36.4 Å². The standard InChI is InChI=1S/C16H21N5O/c1-17-15-9-8-13(11-16(15)21(4)19-22)18-12-6-5-7-14(10-12)20(2)3/h5-11,17-18H,1-4H3. The fraction of sp³-hybridized carbons (Fsp3) is 0.250. The second-order valence-electron chi connectivity index (χ2n) is 5.16. The summed E-state index contributed by atoms with van der Waals surface area (Å²) in [6.45, 7) is 0. The van der Waals surface area contributed by atoms with Crippen LogP contribution in [0.25, 0.3) is 0 Å². The number of hydrogen-bond acceptors (Lipinski definition) is 5. The number of benzene rings is 2. The third-order valence-electron chi connectivity index (χ3n) is 3.39. The van der Waals surface area contributed by atoms with Crippen LogP contribution in [-0.4, -0.2) is 28.2 Å². The summed E-state index contributed by atoms with van der Waals surface area (Å²) in [5.74, 6) is 0. The van der Waals surface area contributed by atoms with Crippen molar-refractivity contribution >= 4 is 28.4 Å². The summed E-state index contributed by atoms with van der Waals surface area (Å²) in [7, 11) is 7.44. The Morgan fingerprint density at radius 2 is 1.73 bits per heavy atom. The van der Waals surface area contributed by atoms with Gasteiger partial charge in [-0.2, -0.15) is 0 Å². The van der Waals surface area contributed by atoms with Crippen LogP contribution < -0.4 is 20.5 Å². The third kappa shape index (κ3) is 3.46. The first-order valence-corrected chi connectivity index (χ1v) is 6.98. The molecule has 0 radical (unpaired) electrons. The molecule has 0 amide bonds. The SMILES string of the molecule is CNc1ccc(Nc2cccc(N(C)C)c2)cc1N(C)N=O. The zero-order valence-electron chi connectivity index (χ0n) is 13.3. The van der Waals surface area contributed by atoms with Crippen LogP contribution in [0.5, 0.6) is 0 Å². The van der Waals surface area contributed by atoms with Crippen LogP contribution in [0.1, 0.15) is 0 Å². The Balaban J connectivity index is 2.30. The van der Waals surface area contributed by atoms with E-state index >= 15 is 0 Å². The first-order valence-electron chi connectivity index (χ1n) is 6.98. The second kappa shape index (κ2) is 6.80. The second-order valence-corrected chi connectivity index (χ2v) is 5.16. The van der Waals surface area contributed by atoms with Gasteiger partial charge >= 0.3 is 0 Å². The molecular formula is C16H21N5O. The van der Waals surface area contributed by atoms with Crippen molar-refractivity contribution in [3.8, 4) is 0 Å². The normalized spacial score (nSPS) is 10.0. The minimum Gasteiger partial charge on any atom is -0.386 e. The van der Waals surface area contributed by atoms with Crippen LogP contribution in [0, 0.1) is 4.91 Å². The summed E-state index contributed by atoms with van der Waals surface area (Å²) in [4.78, 5) is 12.8. The predicted molar refractivity (Wildman–Crippen MR) is 94.2 cm³/mol. The van der Waals surface area contributed by atoms with Crippen LogP contribution >= 0.6 is 0 Å². The number of nitroso groups, excluding NO2 is 1. The van der Waals surface area contributed by atoms with E-state index in [1.54, 1.807) is 7.05 Å². The molecule has 2 rings (SSSR count). The minimum atomic E-state index is 0.714. The Morgan fingerprint density at radius 3 is 2.36 bits per heavy atom. The number of rotatable bonds is 6. The van der Waals surface area contributed by atoms with Crippen LogP contribution in [0.2, 0.25) is 0 Å². The summed E-state index contributed by atoms with van der Waals surface area (Å²) in [6.07, 6.45) is 0. The van der Waals surface area contributed by atoms with Crippen LogP contribution in [0.3, 0.4) is 0 Å². The Kier molecular flexibility index (Phi) is 4.83. The molecule has 0 atom stereocenters. The maximum Gasteiger partial charge on any atom is 0.0874 e. The quantitative estimate of drug-likeness (QED) is 0.629. The average molecular weight is 299 g/mol. The lowest BCUT2D eigenvalue weighted by atomic mass is 10.2. The summed E-state index contributed by atoms with van der Waals surface area (Å²) in [5, 5.41) is 10.7. The van der Waals surface area contributed by atoms with Gasteiger partial charge in [0.1, 0.15) is 0 Å². The molecule has 0 fully saturated rings. The zero-order chi connectivity index (χ0) is 16.1. The first-order chi connectivity index (χ1) is 10.5. The molecule has 6 nitrogen and oxygen atoms in total. The van der Waals surface area contributed by atoms with E-state index in [0.717, 1.165) is 22.7 Å². The van der Waals surface area contributed by atoms with Crippen LogP contribution in [0.4, 0.5) is 28.4 Å². The molecule has 0 aliphatic rings. The van der Waals surface area contributed by atoms with Gasteiger partial charge in [0.2, 0.25) is 0 Å². The largest absolute Gasteiger partial charge is 0.386 e. The predicted octanol–water partition coefficient (Wildman–Crippen LogP) is 3.66. The molecular weight excluding hydrogens is 278 g/mol. The van der Waals surface area contributed by atoms with Crippen LogP contribution in [-0.2, 0) is 0 Å². The van der Waals surface area contributed by atoms with Crippen LogP contribution in [0.15, 0.2) is 47.8 Å². The van der Waals surface area contributed by atoms with E-state index < -0.39 is 0 Å². The van der Waals surface area contributed by atoms with E-state index in [2.05, 4.69) is 22.0 Å². The minimum absolute atomic E-state index is 0.714. The fourth-order valence-electron chi connectivity index (χ4n) is 2.16. The molecule has 0 aromatic heterocycles. The molecule has 0 heterocycles. The van der Waals surface area contributed by atoms with E-state index in [4.69, 9.17) is 0 Å². The molecule has 2 aromatic carbocycles. The molecule has 6 heteroatoms. The van der Waals surface area contributed by atoms with Crippen molar-refractivity contribution in [1.29, 1.82) is 0 Å². The highest BCUT2D eigenvalue weighted by Crippen LogP contribution is 2.30. The van der Waals surface area contributed by atoms with Gasteiger partial charge in [-0.25, -0.2) is 5.01 Å². The Morgan fingerprint density at radius 1 is 1.00 bits per heavy atom. The molecule has 0 bridgehead atoms. The summed E-state index contributed by atoms with van der Waals surface area (Å²) >= 11 is 0. The van der Waals surface area contributed by atoms with E-state index in [1.807, 2.05) is 62.4 Å². The van der Waals surface area contributed by atoms with Gasteiger partial charge in [0.05, 0.1) is 16.7 Å². The average Bonchev–Trinajstić information content (AvgIpc) is 2.54. The zero-order valence-corrected chi connectivity index (χ0v) is 13.3. The highest BCUT2D eigenvalue weighted by atomic mass is 16.3. The molecule has 0 unspecified atom stereocenters. The highest BCUT2D eigenvalue weighted by molar-refractivity contribution is 5.76. The maximum atomic E-state index is 10.8. The lowest BCUT2D eigenvalue weighted by Crippen LogP contribution is -2.10. The van der Waals surface area contributed by atoms with Crippen molar-refractivity contribution in [2.75, 3.05) is 48.7 Å². The van der Waals surface area contributed by atoms with Gasteiger partial charge in [0.15, 0.2) is 0 Å². The van der Waals surface area contributed by atoms with E-state index in [9.17, 15) is 4.91 Å². The van der Waals surface area contributed by atoms with E-state index in [-0.39, 0.29) is 0 Å². The molecule has 0 aliphatic heterocycles. The molecule has 0 spiro atoms. The molecule has 116 valence electrons. The summed E-state index contributed by atoms with van der Waals surface area (Å²) in [6, 6.07) is 13.9. The maximum absolute atomic E-state index is 10.8. The number of nitrogens with zero attached hydrogens (tertiary/aromatic N) is 3. The van der Waals surface area contributed by atoms with Crippen molar-refractivity contribution in [2.45, 2.75) is 0 Å². The third-order valence-corrected chi connectivity index (χ3v) is 3.39. The lowest BCUT2D eigenvalue weighted by molar-refractivity contribution is 1.01. The van der Waals surface area contributed by atoms with Crippen molar-refractivity contribution < 1.29 is 0 Å². The molecule has 0 saturated carbocycles. The lowest BCUT2D eigenvalue weighted by Gasteiger charge is -2.17. The fourth-order valence-corrected chi connectivity index (χ4v) is 2.16. The Bertz CT molecular complexity index is 657. The van der Waals surface area contributed by atoms with Gasteiger partial charge in [-0.15, -0.1) is 4.91 Å². The number of anilines is 5. The van der Waals surface area contributed by atoms with E-state index in [0.29, 0.717) is 5.69 Å². The molecule has 2 N–H and O–H groups in total. The first kappa shape index (κ1) is 15.6. The summed E-state index contributed by atoms with van der Waals surface area (Å²) < 4.78 is 0. The molecule has 22 heavy (non-hydrogen) atoms. The molecule has 2 aromatic rings. The van der Waals surface area contributed by atoms with Gasteiger partial charge in [-0.3, -0.25) is 0 Å². The van der Waals surface area contributed by atoms with Crippen molar-refractivity contribution in [1.82, 2.24) is 0 Å². The van der Waals surface area contributed by atoms with Crippen molar-refractivity contribution in [2.24, 2.45) is 5.29 Å². The number of hydrogen-bond donors (Lipinski definition) is 2. The van der Waals surface area contributed by atoms with Crippen molar-refractivity contribution in [3.63, 3.8) is 0 Å². The number of nitrogens with one attached hydrogen (secondary N) is 2. The molecule has 0 aliphatic carbocycles. The van der Waals surface area contributed by atoms with Crippen molar-refractivity contribution in [3.05, 3.63) is 47.4 Å². The monoisotopic (exact) mass is 299 g/mol. The summed E-state index contributed by atoms with van der Waals surface area (Å²) in [5.41, 5.74) is 4.54. The van der Waals surface area contributed by atoms with Gasteiger partial charge < -0.3 is 15.5 Å². The van der Waals surface area contributed by atoms with E-state index in [1.165, 1.54) is 5.01 Å². The van der Waals surface area contributed by atoms with Gasteiger partial charge in [-0.1, -0.05) is 6.07 Å².